The van der Waals surface area contributed by atoms with E-state index in [0.29, 0.717) is 0 Å². The predicted molar refractivity (Wildman–Crippen MR) is 77.2 cm³/mol. The molecule has 4 heteroatoms. The van der Waals surface area contributed by atoms with Crippen LogP contribution >= 0.6 is 0 Å². The number of benzene rings is 2. The molecule has 0 aliphatic heterocycles. The molecule has 0 spiro atoms. The molecular formula is C17H17F2NO. The van der Waals surface area contributed by atoms with Crippen LogP contribution in [0.1, 0.15) is 22.7 Å². The first-order valence-corrected chi connectivity index (χ1v) is 6.95. The van der Waals surface area contributed by atoms with E-state index in [2.05, 4.69) is 0 Å². The van der Waals surface area contributed by atoms with Crippen LogP contribution in [0.15, 0.2) is 36.4 Å². The number of nitrogens with two attached hydrogens (primary N) is 1. The first kappa shape index (κ1) is 14.0. The van der Waals surface area contributed by atoms with Crippen molar-refractivity contribution >= 4 is 0 Å². The number of rotatable bonds is 3. The SMILES string of the molecule is COc1cc(F)c(C(N)C2Cc3ccccc3C2)c(F)c1. The third-order valence-electron chi connectivity index (χ3n) is 4.21. The van der Waals surface area contributed by atoms with Crippen molar-refractivity contribution in [2.24, 2.45) is 11.7 Å². The molecule has 2 aromatic rings. The zero-order valence-electron chi connectivity index (χ0n) is 11.8. The third kappa shape index (κ3) is 2.51. The molecule has 0 saturated carbocycles. The second-order valence-electron chi connectivity index (χ2n) is 5.47. The Balaban J connectivity index is 1.89. The van der Waals surface area contributed by atoms with Crippen molar-refractivity contribution in [2.45, 2.75) is 18.9 Å². The lowest BCUT2D eigenvalue weighted by atomic mass is 9.90. The van der Waals surface area contributed by atoms with E-state index in [0.717, 1.165) is 12.8 Å². The topological polar surface area (TPSA) is 35.2 Å². The molecule has 110 valence electrons. The smallest absolute Gasteiger partial charge is 0.134 e. The molecule has 0 heterocycles. The minimum absolute atomic E-state index is 0.0137. The van der Waals surface area contributed by atoms with E-state index >= 15 is 0 Å². The van der Waals surface area contributed by atoms with Crippen LogP contribution in [0.2, 0.25) is 0 Å². The van der Waals surface area contributed by atoms with Gasteiger partial charge in [-0.3, -0.25) is 0 Å². The van der Waals surface area contributed by atoms with Gasteiger partial charge >= 0.3 is 0 Å². The quantitative estimate of drug-likeness (QED) is 0.940. The summed E-state index contributed by atoms with van der Waals surface area (Å²) in [7, 11) is 1.38. The van der Waals surface area contributed by atoms with Gasteiger partial charge in [0.2, 0.25) is 0 Å². The molecule has 0 bridgehead atoms. The largest absolute Gasteiger partial charge is 0.497 e. The highest BCUT2D eigenvalue weighted by Crippen LogP contribution is 2.36. The molecule has 2 N–H and O–H groups in total. The number of ether oxygens (including phenoxy) is 1. The molecule has 2 aromatic carbocycles. The fourth-order valence-electron chi connectivity index (χ4n) is 3.08. The highest BCUT2D eigenvalue weighted by Gasteiger charge is 2.30. The summed E-state index contributed by atoms with van der Waals surface area (Å²) in [4.78, 5) is 0. The summed E-state index contributed by atoms with van der Waals surface area (Å²) in [5, 5.41) is 0. The van der Waals surface area contributed by atoms with Crippen molar-refractivity contribution in [3.05, 3.63) is 64.7 Å². The van der Waals surface area contributed by atoms with Crippen LogP contribution in [0.4, 0.5) is 8.78 Å². The average Bonchev–Trinajstić information content (AvgIpc) is 2.90. The van der Waals surface area contributed by atoms with Gasteiger partial charge in [0.05, 0.1) is 7.11 Å². The summed E-state index contributed by atoms with van der Waals surface area (Å²) in [6.07, 6.45) is 1.50. The van der Waals surface area contributed by atoms with Crippen molar-refractivity contribution in [1.82, 2.24) is 0 Å². The third-order valence-corrected chi connectivity index (χ3v) is 4.21. The fourth-order valence-corrected chi connectivity index (χ4v) is 3.08. The molecule has 1 atom stereocenters. The number of fused-ring (bicyclic) bond motifs is 1. The van der Waals surface area contributed by atoms with E-state index in [1.54, 1.807) is 0 Å². The Kier molecular flexibility index (Phi) is 3.64. The fraction of sp³-hybridized carbons (Fsp3) is 0.294. The van der Waals surface area contributed by atoms with E-state index in [1.807, 2.05) is 24.3 Å². The molecule has 1 unspecified atom stereocenters. The normalized spacial score (nSPS) is 15.8. The molecule has 0 saturated heterocycles. The second kappa shape index (κ2) is 5.45. The summed E-state index contributed by atoms with van der Waals surface area (Å²) in [6, 6.07) is 9.73. The van der Waals surface area contributed by atoms with Crippen LogP contribution < -0.4 is 10.5 Å². The summed E-state index contributed by atoms with van der Waals surface area (Å²) >= 11 is 0. The maximum absolute atomic E-state index is 14.1. The van der Waals surface area contributed by atoms with Crippen LogP contribution in [-0.2, 0) is 12.8 Å². The first-order chi connectivity index (χ1) is 10.1. The molecule has 1 aliphatic rings. The first-order valence-electron chi connectivity index (χ1n) is 6.95. The lowest BCUT2D eigenvalue weighted by Gasteiger charge is -2.21. The molecule has 2 nitrogen and oxygen atoms in total. The van der Waals surface area contributed by atoms with Gasteiger partial charge < -0.3 is 10.5 Å². The zero-order valence-corrected chi connectivity index (χ0v) is 11.8. The van der Waals surface area contributed by atoms with Crippen LogP contribution in [0.25, 0.3) is 0 Å². The lowest BCUT2D eigenvalue weighted by molar-refractivity contribution is 0.391. The summed E-state index contributed by atoms with van der Waals surface area (Å²) in [6.45, 7) is 0. The average molecular weight is 289 g/mol. The number of hydrogen-bond donors (Lipinski definition) is 1. The van der Waals surface area contributed by atoms with Crippen molar-refractivity contribution < 1.29 is 13.5 Å². The Morgan fingerprint density at radius 1 is 1.10 bits per heavy atom. The minimum Gasteiger partial charge on any atom is -0.497 e. The highest BCUT2D eigenvalue weighted by atomic mass is 19.1. The summed E-state index contributed by atoms with van der Waals surface area (Å²) in [5.41, 5.74) is 8.53. The van der Waals surface area contributed by atoms with E-state index in [1.165, 1.54) is 30.4 Å². The lowest BCUT2D eigenvalue weighted by Crippen LogP contribution is -2.24. The van der Waals surface area contributed by atoms with E-state index in [9.17, 15) is 8.78 Å². The van der Waals surface area contributed by atoms with Gasteiger partial charge in [-0.25, -0.2) is 8.78 Å². The molecule has 21 heavy (non-hydrogen) atoms. The molecular weight excluding hydrogens is 272 g/mol. The predicted octanol–water partition coefficient (Wildman–Crippen LogP) is 3.39. The van der Waals surface area contributed by atoms with Gasteiger partial charge in [0, 0.05) is 23.7 Å². The Bertz CT molecular complexity index is 624. The van der Waals surface area contributed by atoms with Crippen LogP contribution in [-0.4, -0.2) is 7.11 Å². The van der Waals surface area contributed by atoms with Crippen molar-refractivity contribution in [3.63, 3.8) is 0 Å². The monoisotopic (exact) mass is 289 g/mol. The molecule has 0 aromatic heterocycles. The molecule has 0 fully saturated rings. The van der Waals surface area contributed by atoms with Crippen molar-refractivity contribution in [2.75, 3.05) is 7.11 Å². The van der Waals surface area contributed by atoms with Crippen LogP contribution in [0.3, 0.4) is 0 Å². The standard InChI is InChI=1S/C17H17F2NO/c1-21-13-8-14(18)16(15(19)9-13)17(20)12-6-10-4-2-3-5-11(10)7-12/h2-5,8-9,12,17H,6-7,20H2,1H3. The van der Waals surface area contributed by atoms with Gasteiger partial charge in [-0.05, 0) is 29.9 Å². The summed E-state index contributed by atoms with van der Waals surface area (Å²) in [5.74, 6) is -1.11. The zero-order chi connectivity index (χ0) is 15.0. The molecule has 0 amide bonds. The van der Waals surface area contributed by atoms with E-state index in [-0.39, 0.29) is 17.2 Å². The van der Waals surface area contributed by atoms with Gasteiger partial charge in [0.15, 0.2) is 0 Å². The Hall–Kier alpha value is -1.94. The van der Waals surface area contributed by atoms with Crippen LogP contribution in [0, 0.1) is 17.6 Å². The maximum atomic E-state index is 14.1. The van der Waals surface area contributed by atoms with Gasteiger partial charge in [0.25, 0.3) is 0 Å². The van der Waals surface area contributed by atoms with Crippen LogP contribution in [0.5, 0.6) is 5.75 Å². The number of methoxy groups -OCH3 is 1. The molecule has 1 aliphatic carbocycles. The van der Waals surface area contributed by atoms with E-state index in [4.69, 9.17) is 10.5 Å². The van der Waals surface area contributed by atoms with Crippen molar-refractivity contribution in [3.8, 4) is 5.75 Å². The minimum atomic E-state index is -0.664. The molecule has 0 radical (unpaired) electrons. The summed E-state index contributed by atoms with van der Waals surface area (Å²) < 4.78 is 33.1. The Morgan fingerprint density at radius 3 is 2.10 bits per heavy atom. The molecule has 3 rings (SSSR count). The number of halogens is 2. The van der Waals surface area contributed by atoms with Gasteiger partial charge in [0.1, 0.15) is 17.4 Å². The van der Waals surface area contributed by atoms with Gasteiger partial charge in [-0.1, -0.05) is 24.3 Å². The van der Waals surface area contributed by atoms with Gasteiger partial charge in [-0.2, -0.15) is 0 Å². The Labute approximate surface area is 122 Å². The van der Waals surface area contributed by atoms with Crippen molar-refractivity contribution in [1.29, 1.82) is 0 Å². The van der Waals surface area contributed by atoms with Gasteiger partial charge in [-0.15, -0.1) is 0 Å². The highest BCUT2D eigenvalue weighted by molar-refractivity contribution is 5.36. The maximum Gasteiger partial charge on any atom is 0.134 e. The van der Waals surface area contributed by atoms with E-state index < -0.39 is 17.7 Å². The number of hydrogen-bond acceptors (Lipinski definition) is 2. The Morgan fingerprint density at radius 2 is 1.62 bits per heavy atom. The second-order valence-corrected chi connectivity index (χ2v) is 5.47.